The second-order valence-corrected chi connectivity index (χ2v) is 5.06. The normalized spacial score (nSPS) is 11.0. The summed E-state index contributed by atoms with van der Waals surface area (Å²) in [4.78, 5) is 12.1. The predicted octanol–water partition coefficient (Wildman–Crippen LogP) is 4.73. The maximum Gasteiger partial charge on any atom is 0.387 e. The van der Waals surface area contributed by atoms with Crippen LogP contribution in [0.1, 0.15) is 22.8 Å². The van der Waals surface area contributed by atoms with Crippen LogP contribution in [0.4, 0.5) is 13.2 Å². The fraction of sp³-hybridized carbons (Fsp3) is 0.211. The van der Waals surface area contributed by atoms with E-state index in [0.717, 1.165) is 6.07 Å². The molecule has 0 aliphatic rings. The summed E-state index contributed by atoms with van der Waals surface area (Å²) in [7, 11) is 1.33. The quantitative estimate of drug-likeness (QED) is 0.500. The lowest BCUT2D eigenvalue weighted by Gasteiger charge is -2.11. The molecule has 0 unspecified atom stereocenters. The fourth-order valence-corrected chi connectivity index (χ4v) is 2.18. The summed E-state index contributed by atoms with van der Waals surface area (Å²) in [5.74, 6) is -0.974. The Bertz CT molecular complexity index is 803. The molecule has 0 saturated carbocycles. The molecule has 0 spiro atoms. The summed E-state index contributed by atoms with van der Waals surface area (Å²) < 4.78 is 52.9. The van der Waals surface area contributed by atoms with Crippen LogP contribution in [-0.4, -0.2) is 26.1 Å². The van der Waals surface area contributed by atoms with Crippen LogP contribution in [0, 0.1) is 5.82 Å². The van der Waals surface area contributed by atoms with Crippen LogP contribution in [0.25, 0.3) is 6.08 Å². The van der Waals surface area contributed by atoms with Gasteiger partial charge in [0.1, 0.15) is 0 Å². The average molecular weight is 366 g/mol. The van der Waals surface area contributed by atoms with Crippen molar-refractivity contribution in [3.8, 4) is 17.2 Å². The summed E-state index contributed by atoms with van der Waals surface area (Å²) in [5.41, 5.74) is 0.694. The molecular weight excluding hydrogens is 349 g/mol. The molecule has 0 N–H and O–H groups in total. The molecule has 0 aliphatic heterocycles. The zero-order chi connectivity index (χ0) is 19.1. The Labute approximate surface area is 148 Å². The van der Waals surface area contributed by atoms with Gasteiger partial charge in [-0.2, -0.15) is 8.78 Å². The van der Waals surface area contributed by atoms with Crippen molar-refractivity contribution in [1.29, 1.82) is 0 Å². The van der Waals surface area contributed by atoms with Gasteiger partial charge in [-0.15, -0.1) is 0 Å². The number of hydrogen-bond donors (Lipinski definition) is 0. The van der Waals surface area contributed by atoms with Gasteiger partial charge >= 0.3 is 6.61 Å². The van der Waals surface area contributed by atoms with Gasteiger partial charge in [0.15, 0.2) is 28.8 Å². The Morgan fingerprint density at radius 2 is 1.85 bits per heavy atom. The smallest absolute Gasteiger partial charge is 0.387 e. The van der Waals surface area contributed by atoms with E-state index in [9.17, 15) is 18.0 Å². The molecule has 0 fully saturated rings. The van der Waals surface area contributed by atoms with Crippen molar-refractivity contribution in [2.75, 3.05) is 13.7 Å². The molecule has 0 bridgehead atoms. The first-order valence-corrected chi connectivity index (χ1v) is 7.72. The van der Waals surface area contributed by atoms with Crippen molar-refractivity contribution in [3.63, 3.8) is 0 Å². The monoisotopic (exact) mass is 366 g/mol. The molecule has 2 rings (SSSR count). The Balaban J connectivity index is 2.19. The van der Waals surface area contributed by atoms with E-state index < -0.39 is 18.2 Å². The van der Waals surface area contributed by atoms with Crippen molar-refractivity contribution < 1.29 is 32.2 Å². The molecule has 138 valence electrons. The van der Waals surface area contributed by atoms with Crippen LogP contribution in [0.5, 0.6) is 17.2 Å². The molecule has 0 atom stereocenters. The summed E-state index contributed by atoms with van der Waals surface area (Å²) in [6.07, 6.45) is 2.72. The summed E-state index contributed by atoms with van der Waals surface area (Å²) in [6.45, 7) is -1.00. The maximum atomic E-state index is 13.7. The van der Waals surface area contributed by atoms with Gasteiger partial charge in [0.05, 0.1) is 13.7 Å². The zero-order valence-corrected chi connectivity index (χ0v) is 14.2. The number of allylic oxidation sites excluding steroid dienone is 1. The average Bonchev–Trinajstić information content (AvgIpc) is 2.61. The molecule has 26 heavy (non-hydrogen) atoms. The lowest BCUT2D eigenvalue weighted by Crippen LogP contribution is -2.04. The standard InChI is InChI=1S/C19H17F3O4/c1-3-25-18-10-12(5-8-17(18)26-19(21)22)4-7-15(23)13-6-9-16(24-2)14(20)11-13/h4-11,19H,3H2,1-2H3/b7-4+. The minimum absolute atomic E-state index is 0.0431. The predicted molar refractivity (Wildman–Crippen MR) is 90.6 cm³/mol. The summed E-state index contributed by atoms with van der Waals surface area (Å²) in [6, 6.07) is 8.18. The highest BCUT2D eigenvalue weighted by molar-refractivity contribution is 6.06. The van der Waals surface area contributed by atoms with Gasteiger partial charge in [-0.25, -0.2) is 4.39 Å². The minimum Gasteiger partial charge on any atom is -0.494 e. The lowest BCUT2D eigenvalue weighted by molar-refractivity contribution is -0.0514. The Morgan fingerprint density at radius 1 is 1.12 bits per heavy atom. The van der Waals surface area contributed by atoms with Crippen LogP contribution in [0.2, 0.25) is 0 Å². The SMILES string of the molecule is CCOc1cc(/C=C/C(=O)c2ccc(OC)c(F)c2)ccc1OC(F)F. The van der Waals surface area contributed by atoms with E-state index in [4.69, 9.17) is 9.47 Å². The van der Waals surface area contributed by atoms with Crippen LogP contribution < -0.4 is 14.2 Å². The second-order valence-electron chi connectivity index (χ2n) is 5.06. The van der Waals surface area contributed by atoms with Crippen LogP contribution in [-0.2, 0) is 0 Å². The van der Waals surface area contributed by atoms with E-state index in [0.29, 0.717) is 5.56 Å². The molecule has 2 aromatic rings. The lowest BCUT2D eigenvalue weighted by atomic mass is 10.1. The number of methoxy groups -OCH3 is 1. The van der Waals surface area contributed by atoms with Crippen LogP contribution in [0.3, 0.4) is 0 Å². The molecule has 0 radical (unpaired) electrons. The van der Waals surface area contributed by atoms with Crippen molar-refractivity contribution in [3.05, 3.63) is 59.4 Å². The first-order chi connectivity index (χ1) is 12.4. The number of alkyl halides is 2. The number of hydrogen-bond acceptors (Lipinski definition) is 4. The number of benzene rings is 2. The molecule has 2 aromatic carbocycles. The third-order valence-electron chi connectivity index (χ3n) is 3.35. The van der Waals surface area contributed by atoms with Gasteiger partial charge in [-0.1, -0.05) is 12.1 Å². The minimum atomic E-state index is -2.97. The number of halogens is 3. The van der Waals surface area contributed by atoms with E-state index >= 15 is 0 Å². The largest absolute Gasteiger partial charge is 0.494 e. The third-order valence-corrected chi connectivity index (χ3v) is 3.35. The molecule has 0 saturated heterocycles. The van der Waals surface area contributed by atoms with E-state index in [1.165, 1.54) is 49.6 Å². The number of rotatable bonds is 8. The number of carbonyl (C=O) groups excluding carboxylic acids is 1. The molecule has 4 nitrogen and oxygen atoms in total. The van der Waals surface area contributed by atoms with E-state index in [-0.39, 0.29) is 29.4 Å². The van der Waals surface area contributed by atoms with Crippen molar-refractivity contribution in [1.82, 2.24) is 0 Å². The third kappa shape index (κ3) is 5.02. The fourth-order valence-electron chi connectivity index (χ4n) is 2.18. The van der Waals surface area contributed by atoms with Gasteiger partial charge in [-0.3, -0.25) is 4.79 Å². The van der Waals surface area contributed by atoms with Gasteiger partial charge in [0.2, 0.25) is 0 Å². The van der Waals surface area contributed by atoms with Gasteiger partial charge in [-0.05, 0) is 48.9 Å². The highest BCUT2D eigenvalue weighted by Crippen LogP contribution is 2.30. The molecule has 7 heteroatoms. The van der Waals surface area contributed by atoms with Gasteiger partial charge in [0, 0.05) is 5.56 Å². The zero-order valence-electron chi connectivity index (χ0n) is 14.2. The topological polar surface area (TPSA) is 44.8 Å². The molecule has 0 aliphatic carbocycles. The first-order valence-electron chi connectivity index (χ1n) is 7.72. The molecule has 0 amide bonds. The number of ketones is 1. The molecule has 0 heterocycles. The second kappa shape index (κ2) is 8.94. The summed E-state index contributed by atoms with van der Waals surface area (Å²) in [5, 5.41) is 0. The van der Waals surface area contributed by atoms with Crippen LogP contribution >= 0.6 is 0 Å². The Hall–Kier alpha value is -2.96. The van der Waals surface area contributed by atoms with Crippen molar-refractivity contribution >= 4 is 11.9 Å². The van der Waals surface area contributed by atoms with Crippen molar-refractivity contribution in [2.24, 2.45) is 0 Å². The van der Waals surface area contributed by atoms with Gasteiger partial charge < -0.3 is 14.2 Å². The number of carbonyl (C=O) groups is 1. The Kier molecular flexibility index (Phi) is 6.66. The molecular formula is C19H17F3O4. The highest BCUT2D eigenvalue weighted by Gasteiger charge is 2.11. The maximum absolute atomic E-state index is 13.7. The Morgan fingerprint density at radius 3 is 2.46 bits per heavy atom. The van der Waals surface area contributed by atoms with E-state index in [2.05, 4.69) is 4.74 Å². The first kappa shape index (κ1) is 19.4. The summed E-state index contributed by atoms with van der Waals surface area (Å²) >= 11 is 0. The van der Waals surface area contributed by atoms with Gasteiger partial charge in [0.25, 0.3) is 0 Å². The van der Waals surface area contributed by atoms with E-state index in [1.54, 1.807) is 6.92 Å². The molecule has 0 aromatic heterocycles. The van der Waals surface area contributed by atoms with Crippen LogP contribution in [0.15, 0.2) is 42.5 Å². The van der Waals surface area contributed by atoms with E-state index in [1.807, 2.05) is 0 Å². The highest BCUT2D eigenvalue weighted by atomic mass is 19.3. The number of ether oxygens (including phenoxy) is 3. The van der Waals surface area contributed by atoms with Crippen molar-refractivity contribution in [2.45, 2.75) is 13.5 Å².